The maximum absolute atomic E-state index is 5.73. The molecule has 0 spiro atoms. The first-order chi connectivity index (χ1) is 6.25. The van der Waals surface area contributed by atoms with Gasteiger partial charge in [-0.2, -0.15) is 0 Å². The molecule has 1 aliphatic heterocycles. The highest BCUT2D eigenvalue weighted by atomic mass is 79.9. The predicted molar refractivity (Wildman–Crippen MR) is 56.2 cm³/mol. The molecule has 0 aliphatic carbocycles. The van der Waals surface area contributed by atoms with Gasteiger partial charge in [-0.3, -0.25) is 0 Å². The summed E-state index contributed by atoms with van der Waals surface area (Å²) in [5, 5.41) is 3.17. The van der Waals surface area contributed by atoms with Crippen molar-refractivity contribution < 1.29 is 4.74 Å². The van der Waals surface area contributed by atoms with Crippen molar-refractivity contribution in [3.05, 3.63) is 28.2 Å². The Labute approximate surface area is 86.4 Å². The fourth-order valence-electron chi connectivity index (χ4n) is 1.23. The Morgan fingerprint density at radius 3 is 2.77 bits per heavy atom. The van der Waals surface area contributed by atoms with Crippen LogP contribution in [0.2, 0.25) is 0 Å². The number of rotatable bonds is 2. The number of halogens is 1. The van der Waals surface area contributed by atoms with Gasteiger partial charge in [-0.05, 0) is 40.5 Å². The van der Waals surface area contributed by atoms with Gasteiger partial charge >= 0.3 is 0 Å². The highest BCUT2D eigenvalue weighted by Gasteiger charge is 2.18. The van der Waals surface area contributed by atoms with Crippen molar-refractivity contribution in [2.45, 2.75) is 13.0 Å². The van der Waals surface area contributed by atoms with Gasteiger partial charge in [0, 0.05) is 13.1 Å². The standard InChI is InChI=1S/C10H12BrNO/c1-7-2-3-10(9(11)4-7)13-8-5-12-6-8/h2-4,8,12H,5-6H2,1H3. The Morgan fingerprint density at radius 2 is 2.23 bits per heavy atom. The van der Waals surface area contributed by atoms with Crippen LogP contribution < -0.4 is 10.1 Å². The van der Waals surface area contributed by atoms with Gasteiger partial charge in [0.15, 0.2) is 0 Å². The third-order valence-corrected chi connectivity index (χ3v) is 2.74. The van der Waals surface area contributed by atoms with E-state index in [4.69, 9.17) is 4.74 Å². The molecule has 2 rings (SSSR count). The highest BCUT2D eigenvalue weighted by Crippen LogP contribution is 2.27. The first-order valence-electron chi connectivity index (χ1n) is 4.39. The summed E-state index contributed by atoms with van der Waals surface area (Å²) in [7, 11) is 0. The number of nitrogens with one attached hydrogen (secondary N) is 1. The first kappa shape index (κ1) is 9.03. The summed E-state index contributed by atoms with van der Waals surface area (Å²) in [4.78, 5) is 0. The molecular formula is C10H12BrNO. The van der Waals surface area contributed by atoms with Crippen molar-refractivity contribution in [3.63, 3.8) is 0 Å². The van der Waals surface area contributed by atoms with Crippen molar-refractivity contribution >= 4 is 15.9 Å². The van der Waals surface area contributed by atoms with Gasteiger partial charge in [0.1, 0.15) is 11.9 Å². The molecule has 0 atom stereocenters. The van der Waals surface area contributed by atoms with Crippen molar-refractivity contribution in [1.82, 2.24) is 5.32 Å². The van der Waals surface area contributed by atoms with Crippen LogP contribution in [0.4, 0.5) is 0 Å². The minimum absolute atomic E-state index is 0.346. The summed E-state index contributed by atoms with van der Waals surface area (Å²) < 4.78 is 6.77. The quantitative estimate of drug-likeness (QED) is 0.857. The molecule has 0 bridgehead atoms. The van der Waals surface area contributed by atoms with Crippen LogP contribution in [0, 0.1) is 6.92 Å². The summed E-state index contributed by atoms with van der Waals surface area (Å²) >= 11 is 3.48. The number of benzene rings is 1. The Kier molecular flexibility index (Phi) is 2.56. The number of aryl methyl sites for hydroxylation is 1. The van der Waals surface area contributed by atoms with Gasteiger partial charge in [-0.1, -0.05) is 6.07 Å². The topological polar surface area (TPSA) is 21.3 Å². The average Bonchev–Trinajstić information content (AvgIpc) is 1.99. The largest absolute Gasteiger partial charge is 0.487 e. The lowest BCUT2D eigenvalue weighted by atomic mass is 10.2. The van der Waals surface area contributed by atoms with Crippen molar-refractivity contribution in [1.29, 1.82) is 0 Å². The van der Waals surface area contributed by atoms with Crippen LogP contribution in [0.25, 0.3) is 0 Å². The second-order valence-corrected chi connectivity index (χ2v) is 4.19. The van der Waals surface area contributed by atoms with Crippen molar-refractivity contribution in [3.8, 4) is 5.75 Å². The van der Waals surface area contributed by atoms with E-state index in [2.05, 4.69) is 40.3 Å². The van der Waals surface area contributed by atoms with Gasteiger partial charge in [0.05, 0.1) is 4.47 Å². The summed E-state index contributed by atoms with van der Waals surface area (Å²) in [6.45, 7) is 3.99. The predicted octanol–water partition coefficient (Wildman–Crippen LogP) is 2.11. The van der Waals surface area contributed by atoms with Gasteiger partial charge < -0.3 is 10.1 Å². The summed E-state index contributed by atoms with van der Waals surface area (Å²) in [5.41, 5.74) is 1.24. The molecule has 1 aromatic carbocycles. The summed E-state index contributed by atoms with van der Waals surface area (Å²) in [6, 6.07) is 6.14. The summed E-state index contributed by atoms with van der Waals surface area (Å²) in [5.74, 6) is 0.942. The van der Waals surface area contributed by atoms with E-state index in [9.17, 15) is 0 Å². The maximum Gasteiger partial charge on any atom is 0.134 e. The maximum atomic E-state index is 5.73. The molecular weight excluding hydrogens is 230 g/mol. The van der Waals surface area contributed by atoms with Gasteiger partial charge in [-0.25, -0.2) is 0 Å². The molecule has 0 unspecified atom stereocenters. The van der Waals surface area contributed by atoms with Crippen molar-refractivity contribution in [2.24, 2.45) is 0 Å². The highest BCUT2D eigenvalue weighted by molar-refractivity contribution is 9.10. The molecule has 1 aliphatic rings. The van der Waals surface area contributed by atoms with E-state index in [0.717, 1.165) is 23.3 Å². The third-order valence-electron chi connectivity index (χ3n) is 2.13. The molecule has 0 saturated carbocycles. The molecule has 1 fully saturated rings. The zero-order chi connectivity index (χ0) is 9.26. The SMILES string of the molecule is Cc1ccc(OC2CNC2)c(Br)c1. The van der Waals surface area contributed by atoms with E-state index in [0.29, 0.717) is 6.10 Å². The first-order valence-corrected chi connectivity index (χ1v) is 5.18. The third kappa shape index (κ3) is 2.03. The van der Waals surface area contributed by atoms with Crippen LogP contribution in [0.5, 0.6) is 5.75 Å². The lowest BCUT2D eigenvalue weighted by Gasteiger charge is -2.28. The number of ether oxygens (including phenoxy) is 1. The molecule has 1 heterocycles. The number of hydrogen-bond donors (Lipinski definition) is 1. The van der Waals surface area contributed by atoms with E-state index in [1.54, 1.807) is 0 Å². The zero-order valence-corrected chi connectivity index (χ0v) is 9.10. The van der Waals surface area contributed by atoms with E-state index >= 15 is 0 Å². The van der Waals surface area contributed by atoms with Gasteiger partial charge in [0.25, 0.3) is 0 Å². The molecule has 1 saturated heterocycles. The van der Waals surface area contributed by atoms with Crippen molar-refractivity contribution in [2.75, 3.05) is 13.1 Å². The minimum atomic E-state index is 0.346. The fourth-order valence-corrected chi connectivity index (χ4v) is 1.81. The van der Waals surface area contributed by atoms with E-state index in [-0.39, 0.29) is 0 Å². The van der Waals surface area contributed by atoms with Crippen LogP contribution >= 0.6 is 15.9 Å². The van der Waals surface area contributed by atoms with Gasteiger partial charge in [0.2, 0.25) is 0 Å². The second-order valence-electron chi connectivity index (χ2n) is 3.33. The van der Waals surface area contributed by atoms with Gasteiger partial charge in [-0.15, -0.1) is 0 Å². The molecule has 13 heavy (non-hydrogen) atoms. The fraction of sp³-hybridized carbons (Fsp3) is 0.400. The van der Waals surface area contributed by atoms with Crippen LogP contribution in [0.3, 0.4) is 0 Å². The monoisotopic (exact) mass is 241 g/mol. The van der Waals surface area contributed by atoms with Crippen LogP contribution in [0.15, 0.2) is 22.7 Å². The molecule has 1 N–H and O–H groups in total. The summed E-state index contributed by atoms with van der Waals surface area (Å²) in [6.07, 6.45) is 0.346. The minimum Gasteiger partial charge on any atom is -0.487 e. The molecule has 70 valence electrons. The Bertz CT molecular complexity index is 310. The lowest BCUT2D eigenvalue weighted by Crippen LogP contribution is -2.50. The number of hydrogen-bond acceptors (Lipinski definition) is 2. The van der Waals surface area contributed by atoms with E-state index < -0.39 is 0 Å². The molecule has 1 aromatic rings. The van der Waals surface area contributed by atoms with Crippen LogP contribution in [-0.4, -0.2) is 19.2 Å². The molecule has 3 heteroatoms. The Morgan fingerprint density at radius 1 is 1.46 bits per heavy atom. The smallest absolute Gasteiger partial charge is 0.134 e. The Balaban J connectivity index is 2.10. The molecule has 0 radical (unpaired) electrons. The Hall–Kier alpha value is -0.540. The molecule has 0 aromatic heterocycles. The normalized spacial score (nSPS) is 16.8. The van der Waals surface area contributed by atoms with E-state index in [1.165, 1.54) is 5.56 Å². The lowest BCUT2D eigenvalue weighted by molar-refractivity contribution is 0.141. The molecule has 2 nitrogen and oxygen atoms in total. The second kappa shape index (κ2) is 3.68. The molecule has 0 amide bonds. The van der Waals surface area contributed by atoms with E-state index in [1.807, 2.05) is 6.07 Å². The average molecular weight is 242 g/mol. The zero-order valence-electron chi connectivity index (χ0n) is 7.51. The van der Waals surface area contributed by atoms with Crippen LogP contribution in [0.1, 0.15) is 5.56 Å². The van der Waals surface area contributed by atoms with Crippen LogP contribution in [-0.2, 0) is 0 Å².